The number of carboxylic acid groups (broad SMARTS) is 1. The van der Waals surface area contributed by atoms with E-state index in [1.807, 2.05) is 56.0 Å². The van der Waals surface area contributed by atoms with Crippen LogP contribution in [0.4, 0.5) is 0 Å². The second kappa shape index (κ2) is 5.31. The van der Waals surface area contributed by atoms with Crippen LogP contribution < -0.4 is 0 Å². The molecule has 4 heteroatoms. The van der Waals surface area contributed by atoms with Crippen LogP contribution in [0.25, 0.3) is 0 Å². The molecule has 0 aliphatic carbocycles. The number of carboxylic acids is 1. The summed E-state index contributed by atoms with van der Waals surface area (Å²) in [6.45, 7) is 7.23. The summed E-state index contributed by atoms with van der Waals surface area (Å²) in [5.41, 5.74) is 0.500. The molecule has 0 aromatic heterocycles. The third kappa shape index (κ3) is 3.33. The molecule has 1 fully saturated rings. The van der Waals surface area contributed by atoms with Crippen LogP contribution in [0.5, 0.6) is 0 Å². The molecule has 0 bridgehead atoms. The number of ether oxygens (including phenoxy) is 1. The average Bonchev–Trinajstić information content (AvgIpc) is 2.27. The van der Waals surface area contributed by atoms with Crippen LogP contribution in [-0.4, -0.2) is 40.8 Å². The van der Waals surface area contributed by atoms with Gasteiger partial charge in [0.2, 0.25) is 0 Å². The molecule has 1 N–H and O–H groups in total. The maximum Gasteiger partial charge on any atom is 0.325 e. The Morgan fingerprint density at radius 2 is 2.05 bits per heavy atom. The molecule has 0 amide bonds. The Morgan fingerprint density at radius 3 is 2.58 bits per heavy atom. The Hall–Kier alpha value is -1.39. The standard InChI is InChI=1S/C15H21NO3/c1-11-9-16(10-15(2,3)19-11)13(14(17)18)12-7-5-4-6-8-12/h4-8,11,13H,9-10H2,1-3H3,(H,17,18). The molecular formula is C15H21NO3. The summed E-state index contributed by atoms with van der Waals surface area (Å²) in [7, 11) is 0. The molecule has 104 valence electrons. The Morgan fingerprint density at radius 1 is 1.42 bits per heavy atom. The van der Waals surface area contributed by atoms with Crippen molar-refractivity contribution in [3.8, 4) is 0 Å². The summed E-state index contributed by atoms with van der Waals surface area (Å²) in [5.74, 6) is -0.809. The number of rotatable bonds is 3. The molecule has 19 heavy (non-hydrogen) atoms. The van der Waals surface area contributed by atoms with Crippen LogP contribution in [-0.2, 0) is 9.53 Å². The third-order valence-corrected chi connectivity index (χ3v) is 3.31. The third-order valence-electron chi connectivity index (χ3n) is 3.31. The molecule has 1 aliphatic rings. The van der Waals surface area contributed by atoms with Crippen molar-refractivity contribution in [1.82, 2.24) is 4.90 Å². The summed E-state index contributed by atoms with van der Waals surface area (Å²) >= 11 is 0. The summed E-state index contributed by atoms with van der Waals surface area (Å²) in [4.78, 5) is 13.6. The van der Waals surface area contributed by atoms with E-state index in [-0.39, 0.29) is 11.7 Å². The lowest BCUT2D eigenvalue weighted by Gasteiger charge is -2.44. The van der Waals surface area contributed by atoms with E-state index in [4.69, 9.17) is 4.74 Å². The van der Waals surface area contributed by atoms with E-state index in [1.165, 1.54) is 0 Å². The van der Waals surface area contributed by atoms with Crippen molar-refractivity contribution < 1.29 is 14.6 Å². The number of hydrogen-bond acceptors (Lipinski definition) is 3. The van der Waals surface area contributed by atoms with Gasteiger partial charge in [0.25, 0.3) is 0 Å². The van der Waals surface area contributed by atoms with Crippen LogP contribution in [0, 0.1) is 0 Å². The van der Waals surface area contributed by atoms with Gasteiger partial charge in [0, 0.05) is 13.1 Å². The zero-order chi connectivity index (χ0) is 14.0. The van der Waals surface area contributed by atoms with Gasteiger partial charge in [-0.3, -0.25) is 9.69 Å². The average molecular weight is 263 g/mol. The van der Waals surface area contributed by atoms with E-state index in [0.717, 1.165) is 5.56 Å². The predicted octanol–water partition coefficient (Wildman–Crippen LogP) is 2.31. The first-order valence-electron chi connectivity index (χ1n) is 6.59. The van der Waals surface area contributed by atoms with E-state index in [0.29, 0.717) is 13.1 Å². The molecule has 1 aromatic rings. The molecular weight excluding hydrogens is 242 g/mol. The van der Waals surface area contributed by atoms with E-state index in [9.17, 15) is 9.90 Å². The smallest absolute Gasteiger partial charge is 0.325 e. The minimum atomic E-state index is -0.809. The summed E-state index contributed by atoms with van der Waals surface area (Å²) in [5, 5.41) is 9.55. The number of morpholine rings is 1. The first-order valence-corrected chi connectivity index (χ1v) is 6.59. The van der Waals surface area contributed by atoms with Crippen LogP contribution in [0.1, 0.15) is 32.4 Å². The predicted molar refractivity (Wildman–Crippen MR) is 73.0 cm³/mol. The maximum atomic E-state index is 11.6. The van der Waals surface area contributed by atoms with Crippen molar-refractivity contribution in [3.05, 3.63) is 35.9 Å². The fourth-order valence-corrected chi connectivity index (χ4v) is 2.84. The van der Waals surface area contributed by atoms with Crippen molar-refractivity contribution in [1.29, 1.82) is 0 Å². The molecule has 0 radical (unpaired) electrons. The van der Waals surface area contributed by atoms with Gasteiger partial charge in [-0.05, 0) is 26.3 Å². The lowest BCUT2D eigenvalue weighted by Crippen LogP contribution is -2.54. The second-order valence-electron chi connectivity index (χ2n) is 5.77. The highest BCUT2D eigenvalue weighted by atomic mass is 16.5. The van der Waals surface area contributed by atoms with Gasteiger partial charge in [0.05, 0.1) is 11.7 Å². The van der Waals surface area contributed by atoms with E-state index in [1.54, 1.807) is 0 Å². The fraction of sp³-hybridized carbons (Fsp3) is 0.533. The monoisotopic (exact) mass is 263 g/mol. The minimum absolute atomic E-state index is 0.0364. The van der Waals surface area contributed by atoms with Crippen LogP contribution >= 0.6 is 0 Å². The molecule has 1 saturated heterocycles. The maximum absolute atomic E-state index is 11.6. The molecule has 1 aromatic carbocycles. The van der Waals surface area contributed by atoms with Gasteiger partial charge in [-0.2, -0.15) is 0 Å². The number of nitrogens with zero attached hydrogens (tertiary/aromatic N) is 1. The Kier molecular flexibility index (Phi) is 3.92. The van der Waals surface area contributed by atoms with Gasteiger partial charge >= 0.3 is 5.97 Å². The lowest BCUT2D eigenvalue weighted by atomic mass is 9.99. The molecule has 0 saturated carbocycles. The van der Waals surface area contributed by atoms with E-state index < -0.39 is 12.0 Å². The van der Waals surface area contributed by atoms with Gasteiger partial charge in [-0.25, -0.2) is 0 Å². The molecule has 0 spiro atoms. The number of carbonyl (C=O) groups is 1. The Labute approximate surface area is 114 Å². The van der Waals surface area contributed by atoms with Crippen molar-refractivity contribution in [3.63, 3.8) is 0 Å². The molecule has 1 aliphatic heterocycles. The normalized spacial score (nSPS) is 24.9. The second-order valence-corrected chi connectivity index (χ2v) is 5.77. The van der Waals surface area contributed by atoms with Crippen LogP contribution in [0.2, 0.25) is 0 Å². The SMILES string of the molecule is CC1CN(C(C(=O)O)c2ccccc2)CC(C)(C)O1. The number of hydrogen-bond donors (Lipinski definition) is 1. The zero-order valence-corrected chi connectivity index (χ0v) is 11.7. The molecule has 1 heterocycles. The lowest BCUT2D eigenvalue weighted by molar-refractivity contribution is -0.160. The first-order chi connectivity index (χ1) is 8.89. The van der Waals surface area contributed by atoms with Gasteiger partial charge in [0.1, 0.15) is 6.04 Å². The van der Waals surface area contributed by atoms with Crippen molar-refractivity contribution >= 4 is 5.97 Å². The molecule has 2 unspecified atom stereocenters. The first kappa shape index (κ1) is 14.0. The fourth-order valence-electron chi connectivity index (χ4n) is 2.84. The Bertz CT molecular complexity index is 444. The minimum Gasteiger partial charge on any atom is -0.480 e. The highest BCUT2D eigenvalue weighted by molar-refractivity contribution is 5.75. The highest BCUT2D eigenvalue weighted by Crippen LogP contribution is 2.29. The summed E-state index contributed by atoms with van der Waals surface area (Å²) < 4.78 is 5.84. The van der Waals surface area contributed by atoms with E-state index >= 15 is 0 Å². The number of benzene rings is 1. The molecule has 2 rings (SSSR count). The topological polar surface area (TPSA) is 49.8 Å². The quantitative estimate of drug-likeness (QED) is 0.909. The zero-order valence-electron chi connectivity index (χ0n) is 11.7. The van der Waals surface area contributed by atoms with E-state index in [2.05, 4.69) is 0 Å². The van der Waals surface area contributed by atoms with Crippen molar-refractivity contribution in [2.75, 3.05) is 13.1 Å². The van der Waals surface area contributed by atoms with Gasteiger partial charge in [-0.1, -0.05) is 30.3 Å². The van der Waals surface area contributed by atoms with Gasteiger partial charge in [-0.15, -0.1) is 0 Å². The van der Waals surface area contributed by atoms with Crippen LogP contribution in [0.3, 0.4) is 0 Å². The number of aliphatic carboxylic acids is 1. The highest BCUT2D eigenvalue weighted by Gasteiger charge is 2.37. The van der Waals surface area contributed by atoms with Gasteiger partial charge < -0.3 is 9.84 Å². The molecule has 4 nitrogen and oxygen atoms in total. The van der Waals surface area contributed by atoms with Crippen molar-refractivity contribution in [2.24, 2.45) is 0 Å². The van der Waals surface area contributed by atoms with Crippen molar-refractivity contribution in [2.45, 2.75) is 38.5 Å². The van der Waals surface area contributed by atoms with Gasteiger partial charge in [0.15, 0.2) is 0 Å². The molecule has 2 atom stereocenters. The Balaban J connectivity index is 2.27. The summed E-state index contributed by atoms with van der Waals surface area (Å²) in [6, 6.07) is 8.78. The largest absolute Gasteiger partial charge is 0.480 e. The van der Waals surface area contributed by atoms with Crippen LogP contribution in [0.15, 0.2) is 30.3 Å². The summed E-state index contributed by atoms with van der Waals surface area (Å²) in [6.07, 6.45) is 0.0364.